The van der Waals surface area contributed by atoms with Gasteiger partial charge in [-0.05, 0) is 30.2 Å². The number of nitrogens with zero attached hydrogens (tertiary/aromatic N) is 4. The molecule has 0 N–H and O–H groups in total. The number of benzene rings is 2. The molecule has 1 saturated heterocycles. The largest absolute Gasteiger partial charge is 0.335 e. The highest BCUT2D eigenvalue weighted by molar-refractivity contribution is 6.30. The molecule has 3 aromatic rings. The van der Waals surface area contributed by atoms with Crippen molar-refractivity contribution in [1.82, 2.24) is 19.6 Å². The van der Waals surface area contributed by atoms with Crippen molar-refractivity contribution in [3.63, 3.8) is 0 Å². The van der Waals surface area contributed by atoms with E-state index in [9.17, 15) is 4.79 Å². The molecule has 0 bridgehead atoms. The van der Waals surface area contributed by atoms with Crippen LogP contribution in [0.4, 0.5) is 0 Å². The van der Waals surface area contributed by atoms with Gasteiger partial charge < -0.3 is 4.90 Å². The van der Waals surface area contributed by atoms with Crippen molar-refractivity contribution in [3.05, 3.63) is 64.8 Å². The third-order valence-electron chi connectivity index (χ3n) is 5.25. The number of carbonyl (C=O) groups is 1. The molecule has 0 spiro atoms. The summed E-state index contributed by atoms with van der Waals surface area (Å²) < 4.78 is 1.78. The van der Waals surface area contributed by atoms with Crippen LogP contribution in [-0.2, 0) is 13.5 Å². The van der Waals surface area contributed by atoms with Gasteiger partial charge in [-0.15, -0.1) is 0 Å². The van der Waals surface area contributed by atoms with Crippen molar-refractivity contribution in [2.24, 2.45) is 7.05 Å². The van der Waals surface area contributed by atoms with E-state index in [0.717, 1.165) is 55.1 Å². The number of hydrogen-bond donors (Lipinski definition) is 0. The molecular weight excluding hydrogens is 360 g/mol. The first-order chi connectivity index (χ1) is 13.1. The normalized spacial score (nSPS) is 15.4. The average Bonchev–Trinajstić information content (AvgIpc) is 3.04. The molecule has 4 rings (SSSR count). The summed E-state index contributed by atoms with van der Waals surface area (Å²) in [5.74, 6) is 0.0316. The molecule has 1 aliphatic heterocycles. The van der Waals surface area contributed by atoms with E-state index in [1.165, 1.54) is 5.56 Å². The van der Waals surface area contributed by atoms with Crippen LogP contribution in [0.1, 0.15) is 16.1 Å². The first kappa shape index (κ1) is 18.0. The fourth-order valence-electron chi connectivity index (χ4n) is 3.63. The molecule has 0 saturated carbocycles. The second-order valence-corrected chi connectivity index (χ2v) is 7.44. The fourth-order valence-corrected chi connectivity index (χ4v) is 3.76. The van der Waals surface area contributed by atoms with Crippen LogP contribution >= 0.6 is 11.6 Å². The van der Waals surface area contributed by atoms with Crippen LogP contribution in [0.25, 0.3) is 10.9 Å². The summed E-state index contributed by atoms with van der Waals surface area (Å²) in [4.78, 5) is 17.3. The Morgan fingerprint density at radius 3 is 2.48 bits per heavy atom. The quantitative estimate of drug-likeness (QED) is 0.695. The van der Waals surface area contributed by atoms with Gasteiger partial charge in [0.1, 0.15) is 0 Å². The number of fused-ring (bicyclic) bond motifs is 1. The van der Waals surface area contributed by atoms with Crippen molar-refractivity contribution in [2.45, 2.75) is 6.42 Å². The van der Waals surface area contributed by atoms with Crippen LogP contribution in [0, 0.1) is 0 Å². The van der Waals surface area contributed by atoms with Gasteiger partial charge in [-0.3, -0.25) is 14.4 Å². The van der Waals surface area contributed by atoms with E-state index in [1.807, 2.05) is 48.3 Å². The van der Waals surface area contributed by atoms with Crippen molar-refractivity contribution in [2.75, 3.05) is 32.7 Å². The molecular formula is C21H23ClN4O. The Morgan fingerprint density at radius 1 is 1.04 bits per heavy atom. The van der Waals surface area contributed by atoms with Crippen molar-refractivity contribution < 1.29 is 4.79 Å². The van der Waals surface area contributed by atoms with Crippen LogP contribution in [0.3, 0.4) is 0 Å². The predicted octanol–water partition coefficient (Wildman–Crippen LogP) is 3.23. The van der Waals surface area contributed by atoms with E-state index in [4.69, 9.17) is 11.6 Å². The molecule has 2 aromatic carbocycles. The van der Waals surface area contributed by atoms with Crippen LogP contribution in [-0.4, -0.2) is 58.2 Å². The van der Waals surface area contributed by atoms with E-state index < -0.39 is 0 Å². The second kappa shape index (κ2) is 7.71. The van der Waals surface area contributed by atoms with Gasteiger partial charge in [0.15, 0.2) is 5.69 Å². The maximum Gasteiger partial charge on any atom is 0.275 e. The number of rotatable bonds is 4. The summed E-state index contributed by atoms with van der Waals surface area (Å²) in [6.45, 7) is 4.26. The smallest absolute Gasteiger partial charge is 0.275 e. The summed E-state index contributed by atoms with van der Waals surface area (Å²) in [6, 6.07) is 15.9. The Bertz CT molecular complexity index is 942. The molecule has 5 nitrogen and oxygen atoms in total. The highest BCUT2D eigenvalue weighted by Crippen LogP contribution is 2.20. The van der Waals surface area contributed by atoms with Gasteiger partial charge in [-0.1, -0.05) is 41.9 Å². The van der Waals surface area contributed by atoms with Gasteiger partial charge in [-0.25, -0.2) is 0 Å². The zero-order chi connectivity index (χ0) is 18.8. The summed E-state index contributed by atoms with van der Waals surface area (Å²) in [6.07, 6.45) is 0.996. The molecule has 1 aromatic heterocycles. The molecule has 6 heteroatoms. The third-order valence-corrected chi connectivity index (χ3v) is 5.50. The summed E-state index contributed by atoms with van der Waals surface area (Å²) in [5.41, 5.74) is 2.84. The summed E-state index contributed by atoms with van der Waals surface area (Å²) in [7, 11) is 1.88. The number of aromatic nitrogens is 2. The molecule has 2 heterocycles. The molecule has 0 aliphatic carbocycles. The zero-order valence-corrected chi connectivity index (χ0v) is 16.2. The molecule has 1 aliphatic rings. The maximum atomic E-state index is 13.0. The monoisotopic (exact) mass is 382 g/mol. The lowest BCUT2D eigenvalue weighted by Gasteiger charge is -2.34. The molecule has 1 fully saturated rings. The van der Waals surface area contributed by atoms with Crippen molar-refractivity contribution in [1.29, 1.82) is 0 Å². The second-order valence-electron chi connectivity index (χ2n) is 7.00. The van der Waals surface area contributed by atoms with Crippen molar-refractivity contribution in [3.8, 4) is 0 Å². The number of piperazine rings is 1. The third kappa shape index (κ3) is 3.84. The molecule has 1 amide bonds. The number of halogens is 1. The lowest BCUT2D eigenvalue weighted by molar-refractivity contribution is 0.0634. The van der Waals surface area contributed by atoms with Gasteiger partial charge in [0.25, 0.3) is 5.91 Å². The van der Waals surface area contributed by atoms with Crippen molar-refractivity contribution >= 4 is 28.4 Å². The highest BCUT2D eigenvalue weighted by atomic mass is 35.5. The minimum Gasteiger partial charge on any atom is -0.335 e. The minimum absolute atomic E-state index is 0.0316. The van der Waals surface area contributed by atoms with E-state index in [0.29, 0.717) is 5.69 Å². The Labute approximate surface area is 164 Å². The molecule has 0 atom stereocenters. The first-order valence-electron chi connectivity index (χ1n) is 9.29. The van der Waals surface area contributed by atoms with Crippen LogP contribution < -0.4 is 0 Å². The minimum atomic E-state index is 0.0316. The Hall–Kier alpha value is -2.37. The van der Waals surface area contributed by atoms with Crippen LogP contribution in [0.5, 0.6) is 0 Å². The highest BCUT2D eigenvalue weighted by Gasteiger charge is 2.25. The number of aryl methyl sites for hydroxylation is 1. The van der Waals surface area contributed by atoms with Gasteiger partial charge in [-0.2, -0.15) is 5.10 Å². The number of para-hydroxylation sites is 1. The van der Waals surface area contributed by atoms with Gasteiger partial charge in [0.05, 0.1) is 5.52 Å². The standard InChI is InChI=1S/C21H23ClN4O/c1-24-19-5-3-2-4-18(19)20(23-24)21(27)26-14-12-25(13-15-26)11-10-16-6-8-17(22)9-7-16/h2-9H,10-15H2,1H3. The zero-order valence-electron chi connectivity index (χ0n) is 15.4. The SMILES string of the molecule is Cn1nc(C(=O)N2CCN(CCc3ccc(Cl)cc3)CC2)c2ccccc21. The van der Waals surface area contributed by atoms with Gasteiger partial charge >= 0.3 is 0 Å². The number of carbonyl (C=O) groups excluding carboxylic acids is 1. The van der Waals surface area contributed by atoms with Gasteiger partial charge in [0, 0.05) is 50.2 Å². The molecule has 140 valence electrons. The average molecular weight is 383 g/mol. The first-order valence-corrected chi connectivity index (χ1v) is 9.67. The van der Waals surface area contributed by atoms with E-state index in [2.05, 4.69) is 22.1 Å². The van der Waals surface area contributed by atoms with E-state index in [-0.39, 0.29) is 5.91 Å². The Balaban J connectivity index is 1.36. The summed E-state index contributed by atoms with van der Waals surface area (Å²) in [5, 5.41) is 6.17. The molecule has 27 heavy (non-hydrogen) atoms. The van der Waals surface area contributed by atoms with Crippen LogP contribution in [0.2, 0.25) is 5.02 Å². The van der Waals surface area contributed by atoms with Gasteiger partial charge in [0.2, 0.25) is 0 Å². The van der Waals surface area contributed by atoms with Crippen LogP contribution in [0.15, 0.2) is 48.5 Å². The lowest BCUT2D eigenvalue weighted by Crippen LogP contribution is -2.49. The Morgan fingerprint density at radius 2 is 1.74 bits per heavy atom. The fraction of sp³-hybridized carbons (Fsp3) is 0.333. The van der Waals surface area contributed by atoms with E-state index >= 15 is 0 Å². The maximum absolute atomic E-state index is 13.0. The topological polar surface area (TPSA) is 41.4 Å². The molecule has 0 radical (unpaired) electrons. The van der Waals surface area contributed by atoms with E-state index in [1.54, 1.807) is 4.68 Å². The summed E-state index contributed by atoms with van der Waals surface area (Å²) >= 11 is 5.94. The molecule has 0 unspecified atom stereocenters. The number of amides is 1. The predicted molar refractivity (Wildman–Crippen MR) is 108 cm³/mol. The Kier molecular flexibility index (Phi) is 5.14. The number of hydrogen-bond acceptors (Lipinski definition) is 3. The lowest BCUT2D eigenvalue weighted by atomic mass is 10.1.